The van der Waals surface area contributed by atoms with Crippen molar-refractivity contribution in [2.45, 2.75) is 32.1 Å². The van der Waals surface area contributed by atoms with E-state index in [2.05, 4.69) is 33.0 Å². The Morgan fingerprint density at radius 1 is 1.11 bits per heavy atom. The lowest BCUT2D eigenvalue weighted by molar-refractivity contribution is 0.716. The standard InChI is InChI=1S/C13H19N3S2/c1-14-9-3-8-13-16-15-12(18-13)7-2-5-11-6-4-10-17-11/h4,6,10,14H,2-3,5,7-9H2,1H3. The van der Waals surface area contributed by atoms with Gasteiger partial charge in [0, 0.05) is 17.7 Å². The van der Waals surface area contributed by atoms with Gasteiger partial charge in [0.1, 0.15) is 10.0 Å². The van der Waals surface area contributed by atoms with Crippen molar-refractivity contribution in [3.8, 4) is 0 Å². The van der Waals surface area contributed by atoms with E-state index >= 15 is 0 Å². The Bertz CT molecular complexity index is 437. The number of nitrogens with zero attached hydrogens (tertiary/aromatic N) is 2. The fraction of sp³-hybridized carbons (Fsp3) is 0.538. The summed E-state index contributed by atoms with van der Waals surface area (Å²) in [5.41, 5.74) is 0. The van der Waals surface area contributed by atoms with Gasteiger partial charge in [0.2, 0.25) is 0 Å². The first-order valence-corrected chi connectivity index (χ1v) is 8.06. The summed E-state index contributed by atoms with van der Waals surface area (Å²) in [6, 6.07) is 4.32. The summed E-state index contributed by atoms with van der Waals surface area (Å²) in [5, 5.41) is 16.2. The molecule has 2 heterocycles. The molecule has 18 heavy (non-hydrogen) atoms. The van der Waals surface area contributed by atoms with E-state index in [0.29, 0.717) is 0 Å². The van der Waals surface area contributed by atoms with Crippen LogP contribution in [-0.4, -0.2) is 23.8 Å². The van der Waals surface area contributed by atoms with Crippen LogP contribution < -0.4 is 5.32 Å². The molecule has 0 spiro atoms. The monoisotopic (exact) mass is 281 g/mol. The first-order chi connectivity index (χ1) is 8.88. The zero-order valence-electron chi connectivity index (χ0n) is 10.7. The molecule has 2 rings (SSSR count). The predicted octanol–water partition coefficient (Wildman–Crippen LogP) is 2.93. The van der Waals surface area contributed by atoms with Crippen LogP contribution in [0, 0.1) is 0 Å². The van der Waals surface area contributed by atoms with E-state index in [-0.39, 0.29) is 0 Å². The second kappa shape index (κ2) is 7.61. The molecule has 0 amide bonds. The molecule has 1 N–H and O–H groups in total. The van der Waals surface area contributed by atoms with Crippen LogP contribution in [0.5, 0.6) is 0 Å². The molecule has 0 fully saturated rings. The molecule has 5 heteroatoms. The molecule has 0 unspecified atom stereocenters. The number of hydrogen-bond donors (Lipinski definition) is 1. The minimum absolute atomic E-state index is 1.05. The Morgan fingerprint density at radius 2 is 1.89 bits per heavy atom. The molecule has 0 atom stereocenters. The van der Waals surface area contributed by atoms with Gasteiger partial charge in [0.25, 0.3) is 0 Å². The van der Waals surface area contributed by atoms with Crippen LogP contribution in [0.25, 0.3) is 0 Å². The topological polar surface area (TPSA) is 37.8 Å². The van der Waals surface area contributed by atoms with Crippen molar-refractivity contribution in [1.29, 1.82) is 0 Å². The highest BCUT2D eigenvalue weighted by atomic mass is 32.1. The molecule has 2 aromatic rings. The van der Waals surface area contributed by atoms with Crippen LogP contribution in [0.3, 0.4) is 0 Å². The summed E-state index contributed by atoms with van der Waals surface area (Å²) < 4.78 is 0. The van der Waals surface area contributed by atoms with E-state index in [4.69, 9.17) is 0 Å². The number of rotatable bonds is 8. The van der Waals surface area contributed by atoms with Crippen LogP contribution in [0.1, 0.15) is 27.7 Å². The maximum absolute atomic E-state index is 4.27. The smallest absolute Gasteiger partial charge is 0.117 e. The molecule has 0 saturated heterocycles. The molecule has 0 saturated carbocycles. The van der Waals surface area contributed by atoms with Gasteiger partial charge in [0.05, 0.1) is 0 Å². The minimum Gasteiger partial charge on any atom is -0.320 e. The van der Waals surface area contributed by atoms with E-state index in [9.17, 15) is 0 Å². The molecule has 0 radical (unpaired) electrons. The van der Waals surface area contributed by atoms with Gasteiger partial charge in [-0.25, -0.2) is 0 Å². The summed E-state index contributed by atoms with van der Waals surface area (Å²) >= 11 is 3.61. The first kappa shape index (κ1) is 13.6. The number of thiophene rings is 1. The Kier molecular flexibility index (Phi) is 5.77. The Hall–Kier alpha value is -0.780. The van der Waals surface area contributed by atoms with Crippen molar-refractivity contribution >= 4 is 22.7 Å². The van der Waals surface area contributed by atoms with Gasteiger partial charge in [-0.2, -0.15) is 0 Å². The fourth-order valence-electron chi connectivity index (χ4n) is 1.78. The molecule has 0 aliphatic carbocycles. The van der Waals surface area contributed by atoms with Crippen molar-refractivity contribution in [2.24, 2.45) is 0 Å². The second-order valence-electron chi connectivity index (χ2n) is 4.23. The number of aromatic nitrogens is 2. The van der Waals surface area contributed by atoms with Gasteiger partial charge in [-0.05, 0) is 44.3 Å². The highest BCUT2D eigenvalue weighted by Crippen LogP contribution is 2.16. The predicted molar refractivity (Wildman–Crippen MR) is 78.5 cm³/mol. The summed E-state index contributed by atoms with van der Waals surface area (Å²) in [5.74, 6) is 0. The molecule has 98 valence electrons. The van der Waals surface area contributed by atoms with Crippen molar-refractivity contribution in [3.63, 3.8) is 0 Å². The zero-order valence-corrected chi connectivity index (χ0v) is 12.3. The number of nitrogens with one attached hydrogen (secondary N) is 1. The van der Waals surface area contributed by atoms with Gasteiger partial charge in [0.15, 0.2) is 0 Å². The third-order valence-corrected chi connectivity index (χ3v) is 4.70. The molecule has 0 aliphatic heterocycles. The average molecular weight is 281 g/mol. The largest absolute Gasteiger partial charge is 0.320 e. The summed E-state index contributed by atoms with van der Waals surface area (Å²) in [4.78, 5) is 1.47. The van der Waals surface area contributed by atoms with Crippen LogP contribution in [0.4, 0.5) is 0 Å². The Balaban J connectivity index is 1.69. The molecule has 0 aromatic carbocycles. The van der Waals surface area contributed by atoms with Gasteiger partial charge in [-0.15, -0.1) is 32.9 Å². The highest BCUT2D eigenvalue weighted by Gasteiger charge is 2.04. The molecular formula is C13H19N3S2. The van der Waals surface area contributed by atoms with Crippen molar-refractivity contribution in [2.75, 3.05) is 13.6 Å². The third kappa shape index (κ3) is 4.48. The SMILES string of the molecule is CNCCCc1nnc(CCCc2cccs2)s1. The Labute approximate surface area is 116 Å². The maximum atomic E-state index is 4.27. The lowest BCUT2D eigenvalue weighted by atomic mass is 10.2. The molecular weight excluding hydrogens is 262 g/mol. The maximum Gasteiger partial charge on any atom is 0.117 e. The van der Waals surface area contributed by atoms with Crippen LogP contribution in [-0.2, 0) is 19.3 Å². The molecule has 0 aliphatic rings. The lowest BCUT2D eigenvalue weighted by Crippen LogP contribution is -2.08. The molecule has 0 bridgehead atoms. The quantitative estimate of drug-likeness (QED) is 0.756. The van der Waals surface area contributed by atoms with Crippen LogP contribution in [0.15, 0.2) is 17.5 Å². The number of aryl methyl sites for hydroxylation is 3. The van der Waals surface area contributed by atoms with E-state index < -0.39 is 0 Å². The van der Waals surface area contributed by atoms with Crippen LogP contribution in [0.2, 0.25) is 0 Å². The third-order valence-electron chi connectivity index (χ3n) is 2.72. The molecule has 2 aromatic heterocycles. The second-order valence-corrected chi connectivity index (χ2v) is 6.41. The van der Waals surface area contributed by atoms with E-state index in [1.54, 1.807) is 11.3 Å². The summed E-state index contributed by atoms with van der Waals surface area (Å²) in [7, 11) is 1.98. The average Bonchev–Trinajstić information content (AvgIpc) is 3.01. The van der Waals surface area contributed by atoms with Gasteiger partial charge in [-0.3, -0.25) is 0 Å². The van der Waals surface area contributed by atoms with Crippen LogP contribution >= 0.6 is 22.7 Å². The zero-order chi connectivity index (χ0) is 12.6. The lowest BCUT2D eigenvalue weighted by Gasteiger charge is -1.95. The fourth-order valence-corrected chi connectivity index (χ4v) is 3.45. The minimum atomic E-state index is 1.05. The Morgan fingerprint density at radius 3 is 2.56 bits per heavy atom. The van der Waals surface area contributed by atoms with Crippen molar-refractivity contribution < 1.29 is 0 Å². The van der Waals surface area contributed by atoms with Gasteiger partial charge in [-0.1, -0.05) is 6.07 Å². The highest BCUT2D eigenvalue weighted by molar-refractivity contribution is 7.11. The summed E-state index contributed by atoms with van der Waals surface area (Å²) in [6.07, 6.45) is 5.57. The number of hydrogen-bond acceptors (Lipinski definition) is 5. The van der Waals surface area contributed by atoms with Crippen molar-refractivity contribution in [3.05, 3.63) is 32.4 Å². The van der Waals surface area contributed by atoms with Gasteiger partial charge >= 0.3 is 0 Å². The van der Waals surface area contributed by atoms with Gasteiger partial charge < -0.3 is 5.32 Å². The first-order valence-electron chi connectivity index (χ1n) is 6.36. The normalized spacial score (nSPS) is 10.9. The molecule has 3 nitrogen and oxygen atoms in total. The summed E-state index contributed by atoms with van der Waals surface area (Å²) in [6.45, 7) is 1.05. The van der Waals surface area contributed by atoms with E-state index in [1.807, 2.05) is 18.4 Å². The van der Waals surface area contributed by atoms with E-state index in [1.165, 1.54) is 21.3 Å². The van der Waals surface area contributed by atoms with E-state index in [0.717, 1.165) is 32.2 Å². The van der Waals surface area contributed by atoms with Crippen molar-refractivity contribution in [1.82, 2.24) is 15.5 Å².